The largest absolute Gasteiger partial charge is 0.323 e. The summed E-state index contributed by atoms with van der Waals surface area (Å²) in [6.45, 7) is 4.83. The SMILES string of the molecule is CCCC1CCN(CC(N)c2cc(F)ccc2F)CC1. The summed E-state index contributed by atoms with van der Waals surface area (Å²) in [5.41, 5.74) is 6.32. The fourth-order valence-corrected chi connectivity index (χ4v) is 3.04. The molecule has 112 valence electrons. The lowest BCUT2D eigenvalue weighted by molar-refractivity contribution is 0.169. The number of hydrogen-bond acceptors (Lipinski definition) is 2. The van der Waals surface area contributed by atoms with Crippen molar-refractivity contribution in [3.63, 3.8) is 0 Å². The van der Waals surface area contributed by atoms with Crippen molar-refractivity contribution in [2.45, 2.75) is 38.6 Å². The summed E-state index contributed by atoms with van der Waals surface area (Å²) in [7, 11) is 0. The van der Waals surface area contributed by atoms with E-state index in [-0.39, 0.29) is 5.56 Å². The van der Waals surface area contributed by atoms with Crippen LogP contribution in [0.5, 0.6) is 0 Å². The summed E-state index contributed by atoms with van der Waals surface area (Å²) in [6, 6.07) is 3.03. The quantitative estimate of drug-likeness (QED) is 0.896. The summed E-state index contributed by atoms with van der Waals surface area (Å²) in [4.78, 5) is 2.27. The minimum Gasteiger partial charge on any atom is -0.323 e. The van der Waals surface area contributed by atoms with Gasteiger partial charge < -0.3 is 10.6 Å². The molecular weight excluding hydrogens is 258 g/mol. The predicted molar refractivity (Wildman–Crippen MR) is 77.4 cm³/mol. The van der Waals surface area contributed by atoms with Crippen LogP contribution in [0.25, 0.3) is 0 Å². The molecule has 2 rings (SSSR count). The van der Waals surface area contributed by atoms with Crippen molar-refractivity contribution in [2.75, 3.05) is 19.6 Å². The van der Waals surface area contributed by atoms with Gasteiger partial charge in [-0.25, -0.2) is 8.78 Å². The van der Waals surface area contributed by atoms with Gasteiger partial charge in [-0.15, -0.1) is 0 Å². The zero-order chi connectivity index (χ0) is 14.5. The second kappa shape index (κ2) is 7.14. The van der Waals surface area contributed by atoms with E-state index in [4.69, 9.17) is 5.73 Å². The molecule has 1 aromatic carbocycles. The van der Waals surface area contributed by atoms with Crippen molar-refractivity contribution in [3.05, 3.63) is 35.4 Å². The zero-order valence-electron chi connectivity index (χ0n) is 12.1. The van der Waals surface area contributed by atoms with Crippen LogP contribution in [0.2, 0.25) is 0 Å². The number of hydrogen-bond donors (Lipinski definition) is 1. The lowest BCUT2D eigenvalue weighted by Gasteiger charge is -2.33. The van der Waals surface area contributed by atoms with Crippen LogP contribution in [-0.2, 0) is 0 Å². The molecule has 0 aliphatic carbocycles. The summed E-state index contributed by atoms with van der Waals surface area (Å²) in [5, 5.41) is 0. The smallest absolute Gasteiger partial charge is 0.128 e. The number of rotatable bonds is 5. The van der Waals surface area contributed by atoms with Gasteiger partial charge in [-0.1, -0.05) is 19.8 Å². The average molecular weight is 282 g/mol. The van der Waals surface area contributed by atoms with Gasteiger partial charge in [0.05, 0.1) is 0 Å². The van der Waals surface area contributed by atoms with Crippen LogP contribution in [0.4, 0.5) is 8.78 Å². The van der Waals surface area contributed by atoms with Crippen molar-refractivity contribution >= 4 is 0 Å². The Hall–Kier alpha value is -1.00. The molecule has 1 aliphatic heterocycles. The van der Waals surface area contributed by atoms with Crippen LogP contribution < -0.4 is 5.73 Å². The fraction of sp³-hybridized carbons (Fsp3) is 0.625. The maximum Gasteiger partial charge on any atom is 0.128 e. The monoisotopic (exact) mass is 282 g/mol. The van der Waals surface area contributed by atoms with E-state index in [9.17, 15) is 8.78 Å². The maximum absolute atomic E-state index is 13.7. The first-order valence-electron chi connectivity index (χ1n) is 7.53. The first-order valence-corrected chi connectivity index (χ1v) is 7.53. The Kier molecular flexibility index (Phi) is 5.49. The lowest BCUT2D eigenvalue weighted by Crippen LogP contribution is -2.38. The molecule has 1 aromatic rings. The van der Waals surface area contributed by atoms with Crippen LogP contribution in [0.3, 0.4) is 0 Å². The number of nitrogens with two attached hydrogens (primary N) is 1. The van der Waals surface area contributed by atoms with Crippen molar-refractivity contribution in [1.82, 2.24) is 4.90 Å². The number of likely N-dealkylation sites (tertiary alicyclic amines) is 1. The van der Waals surface area contributed by atoms with E-state index >= 15 is 0 Å². The van der Waals surface area contributed by atoms with Crippen molar-refractivity contribution < 1.29 is 8.78 Å². The minimum atomic E-state index is -0.464. The van der Waals surface area contributed by atoms with E-state index in [0.717, 1.165) is 31.1 Å². The first-order chi connectivity index (χ1) is 9.60. The molecule has 1 heterocycles. The van der Waals surface area contributed by atoms with E-state index in [2.05, 4.69) is 11.8 Å². The third-order valence-electron chi connectivity index (χ3n) is 4.22. The highest BCUT2D eigenvalue weighted by atomic mass is 19.1. The highest BCUT2D eigenvalue weighted by Gasteiger charge is 2.21. The molecule has 1 fully saturated rings. The average Bonchev–Trinajstić information content (AvgIpc) is 2.44. The third-order valence-corrected chi connectivity index (χ3v) is 4.22. The van der Waals surface area contributed by atoms with Crippen LogP contribution in [0.15, 0.2) is 18.2 Å². The van der Waals surface area contributed by atoms with Crippen molar-refractivity contribution in [2.24, 2.45) is 11.7 Å². The van der Waals surface area contributed by atoms with E-state index in [1.807, 2.05) is 0 Å². The van der Waals surface area contributed by atoms with Gasteiger partial charge in [0.25, 0.3) is 0 Å². The molecule has 1 saturated heterocycles. The Balaban J connectivity index is 1.89. The van der Waals surface area contributed by atoms with E-state index < -0.39 is 17.7 Å². The summed E-state index contributed by atoms with van der Waals surface area (Å²) >= 11 is 0. The van der Waals surface area contributed by atoms with Crippen LogP contribution in [-0.4, -0.2) is 24.5 Å². The normalized spacial score (nSPS) is 19.2. The van der Waals surface area contributed by atoms with Gasteiger partial charge in [-0.05, 0) is 50.0 Å². The predicted octanol–water partition coefficient (Wildman–Crippen LogP) is 3.48. The Labute approximate surface area is 120 Å². The summed E-state index contributed by atoms with van der Waals surface area (Å²) in [5.74, 6) is -0.0309. The Bertz CT molecular complexity index is 428. The van der Waals surface area contributed by atoms with Gasteiger partial charge in [0.1, 0.15) is 11.6 Å². The molecule has 0 bridgehead atoms. The summed E-state index contributed by atoms with van der Waals surface area (Å²) < 4.78 is 26.9. The molecule has 1 unspecified atom stereocenters. The van der Waals surface area contributed by atoms with E-state index in [0.29, 0.717) is 6.54 Å². The molecule has 0 spiro atoms. The topological polar surface area (TPSA) is 29.3 Å². The molecule has 20 heavy (non-hydrogen) atoms. The minimum absolute atomic E-state index is 0.278. The highest BCUT2D eigenvalue weighted by molar-refractivity contribution is 5.22. The number of halogens is 2. The van der Waals surface area contributed by atoms with Crippen LogP contribution in [0.1, 0.15) is 44.2 Å². The molecule has 0 saturated carbocycles. The van der Waals surface area contributed by atoms with E-state index in [1.165, 1.54) is 31.7 Å². The Morgan fingerprint density at radius 3 is 2.65 bits per heavy atom. The van der Waals surface area contributed by atoms with Gasteiger partial charge in [0, 0.05) is 18.2 Å². The molecule has 4 heteroatoms. The maximum atomic E-state index is 13.7. The van der Waals surface area contributed by atoms with Gasteiger partial charge in [0.15, 0.2) is 0 Å². The molecule has 0 amide bonds. The molecule has 0 aromatic heterocycles. The van der Waals surface area contributed by atoms with Crippen LogP contribution >= 0.6 is 0 Å². The molecule has 1 atom stereocenters. The highest BCUT2D eigenvalue weighted by Crippen LogP contribution is 2.24. The van der Waals surface area contributed by atoms with E-state index in [1.54, 1.807) is 0 Å². The molecule has 1 aliphatic rings. The lowest BCUT2D eigenvalue weighted by atomic mass is 9.92. The molecule has 2 N–H and O–H groups in total. The molecule has 2 nitrogen and oxygen atoms in total. The van der Waals surface area contributed by atoms with Gasteiger partial charge in [-0.3, -0.25) is 0 Å². The second-order valence-electron chi connectivity index (χ2n) is 5.80. The third kappa shape index (κ3) is 4.00. The first kappa shape index (κ1) is 15.4. The second-order valence-corrected chi connectivity index (χ2v) is 5.80. The van der Waals surface area contributed by atoms with Crippen molar-refractivity contribution in [1.29, 1.82) is 0 Å². The molecule has 0 radical (unpaired) electrons. The van der Waals surface area contributed by atoms with Crippen LogP contribution in [0, 0.1) is 17.6 Å². The Morgan fingerprint density at radius 2 is 2.00 bits per heavy atom. The zero-order valence-corrected chi connectivity index (χ0v) is 12.1. The van der Waals surface area contributed by atoms with Gasteiger partial charge >= 0.3 is 0 Å². The Morgan fingerprint density at radius 1 is 1.30 bits per heavy atom. The number of piperidine rings is 1. The fourth-order valence-electron chi connectivity index (χ4n) is 3.04. The molecular formula is C16H24F2N2. The summed E-state index contributed by atoms with van der Waals surface area (Å²) in [6.07, 6.45) is 4.90. The number of benzene rings is 1. The number of nitrogens with zero attached hydrogens (tertiary/aromatic N) is 1. The van der Waals surface area contributed by atoms with Gasteiger partial charge in [0.2, 0.25) is 0 Å². The van der Waals surface area contributed by atoms with Crippen molar-refractivity contribution in [3.8, 4) is 0 Å². The standard InChI is InChI=1S/C16H24F2N2/c1-2-3-12-6-8-20(9-7-12)11-16(19)14-10-13(17)4-5-15(14)18/h4-5,10,12,16H,2-3,6-9,11,19H2,1H3. The van der Waals surface area contributed by atoms with Gasteiger partial charge in [-0.2, -0.15) is 0 Å².